The molecule has 1 N–H and O–H groups in total. The minimum atomic E-state index is -3.53. The molecule has 0 aliphatic carbocycles. The van der Waals surface area contributed by atoms with Gasteiger partial charge in [0.1, 0.15) is 0 Å². The van der Waals surface area contributed by atoms with E-state index in [0.29, 0.717) is 9.39 Å². The molecule has 1 aromatic rings. The van der Waals surface area contributed by atoms with E-state index in [-0.39, 0.29) is 12.2 Å². The summed E-state index contributed by atoms with van der Waals surface area (Å²) in [6.45, 7) is -0.0908. The summed E-state index contributed by atoms with van der Waals surface area (Å²) in [5.74, 6) is 0. The number of azide groups is 1. The van der Waals surface area contributed by atoms with E-state index in [9.17, 15) is 13.5 Å². The molecule has 0 saturated heterocycles. The van der Waals surface area contributed by atoms with E-state index in [0.717, 1.165) is 6.26 Å². The van der Waals surface area contributed by atoms with E-state index < -0.39 is 16.1 Å². The Morgan fingerprint density at radius 2 is 2.06 bits per heavy atom. The number of anilines is 1. The Balaban J connectivity index is 2.89. The maximum Gasteiger partial charge on any atom is 0.246 e. The lowest BCUT2D eigenvalue weighted by Crippen LogP contribution is -2.19. The molecule has 18 heavy (non-hydrogen) atoms. The van der Waals surface area contributed by atoms with Crippen LogP contribution in [0, 0.1) is 0 Å². The van der Waals surface area contributed by atoms with Crippen LogP contribution in [0.1, 0.15) is 11.7 Å². The molecule has 0 aromatic heterocycles. The summed E-state index contributed by atoms with van der Waals surface area (Å²) in [7, 11) is -3.53. The zero-order valence-electron chi connectivity index (χ0n) is 9.43. The van der Waals surface area contributed by atoms with Crippen LogP contribution in [-0.4, -0.2) is 26.3 Å². The van der Waals surface area contributed by atoms with Gasteiger partial charge in [-0.15, -0.1) is 0 Å². The van der Waals surface area contributed by atoms with E-state index in [1.807, 2.05) is 0 Å². The largest absolute Gasteiger partial charge is 0.388 e. The quantitative estimate of drug-likeness (QED) is 0.387. The first-order chi connectivity index (χ1) is 8.36. The number of sulfonamides is 1. The molecule has 0 aliphatic rings. The molecule has 7 nitrogen and oxygen atoms in total. The number of nitrogens with zero attached hydrogens (tertiary/aromatic N) is 4. The van der Waals surface area contributed by atoms with Crippen LogP contribution in [0.15, 0.2) is 29.4 Å². The number of halogens is 1. The summed E-state index contributed by atoms with van der Waals surface area (Å²) < 4.78 is 23.0. The lowest BCUT2D eigenvalue weighted by Gasteiger charge is -2.14. The second kappa shape index (κ2) is 5.92. The molecular formula is C9H11ClN4O3S. The molecule has 0 heterocycles. The molecule has 1 atom stereocenters. The minimum absolute atomic E-state index is 0.0908. The number of hydrogen-bond donors (Lipinski definition) is 1. The Hall–Kier alpha value is -1.47. The summed E-state index contributed by atoms with van der Waals surface area (Å²) in [4.78, 5) is 2.54. The number of aliphatic hydroxyl groups excluding tert-OH is 1. The maximum absolute atomic E-state index is 11.2. The monoisotopic (exact) mass is 290 g/mol. The van der Waals surface area contributed by atoms with Gasteiger partial charge in [0, 0.05) is 16.7 Å². The van der Waals surface area contributed by atoms with Gasteiger partial charge >= 0.3 is 0 Å². The van der Waals surface area contributed by atoms with Crippen LogP contribution in [0.4, 0.5) is 5.69 Å². The molecule has 0 radical (unpaired) electrons. The molecular weight excluding hydrogens is 280 g/mol. The third kappa shape index (κ3) is 3.78. The molecule has 0 unspecified atom stereocenters. The van der Waals surface area contributed by atoms with E-state index in [2.05, 4.69) is 10.0 Å². The Morgan fingerprint density at radius 3 is 2.50 bits per heavy atom. The van der Waals surface area contributed by atoms with Crippen LogP contribution in [0.2, 0.25) is 0 Å². The van der Waals surface area contributed by atoms with Gasteiger partial charge in [-0.1, -0.05) is 17.2 Å². The molecule has 98 valence electrons. The van der Waals surface area contributed by atoms with E-state index in [1.54, 1.807) is 0 Å². The van der Waals surface area contributed by atoms with E-state index in [4.69, 9.17) is 17.3 Å². The van der Waals surface area contributed by atoms with Crippen LogP contribution in [-0.2, 0) is 10.0 Å². The van der Waals surface area contributed by atoms with Crippen molar-refractivity contribution < 1.29 is 13.5 Å². The summed E-state index contributed by atoms with van der Waals surface area (Å²) in [5.41, 5.74) is 8.89. The van der Waals surface area contributed by atoms with Crippen molar-refractivity contribution in [2.24, 2.45) is 5.11 Å². The molecule has 0 saturated carbocycles. The second-order valence-corrected chi connectivity index (χ2v) is 5.87. The average Bonchev–Trinajstić information content (AvgIpc) is 2.34. The van der Waals surface area contributed by atoms with Crippen LogP contribution < -0.4 is 3.82 Å². The molecule has 0 bridgehead atoms. The van der Waals surface area contributed by atoms with Crippen LogP contribution in [0.5, 0.6) is 0 Å². The first kappa shape index (κ1) is 14.6. The van der Waals surface area contributed by atoms with Gasteiger partial charge in [-0.05, 0) is 23.2 Å². The Labute approximate surface area is 109 Å². The zero-order valence-corrected chi connectivity index (χ0v) is 11.0. The highest BCUT2D eigenvalue weighted by molar-refractivity contribution is 7.93. The van der Waals surface area contributed by atoms with Crippen molar-refractivity contribution in [3.05, 3.63) is 40.3 Å². The van der Waals surface area contributed by atoms with Crippen molar-refractivity contribution in [1.29, 1.82) is 0 Å². The van der Waals surface area contributed by atoms with Crippen molar-refractivity contribution in [3.63, 3.8) is 0 Å². The van der Waals surface area contributed by atoms with Gasteiger partial charge in [-0.3, -0.25) is 0 Å². The first-order valence-electron chi connectivity index (χ1n) is 4.81. The number of rotatable bonds is 5. The van der Waals surface area contributed by atoms with Gasteiger partial charge in [0.05, 0.1) is 24.6 Å². The van der Waals surface area contributed by atoms with Gasteiger partial charge in [-0.25, -0.2) is 8.42 Å². The van der Waals surface area contributed by atoms with Crippen LogP contribution in [0.3, 0.4) is 0 Å². The number of benzene rings is 1. The molecule has 1 rings (SSSR count). The zero-order chi connectivity index (χ0) is 13.8. The van der Waals surface area contributed by atoms with Crippen LogP contribution >= 0.6 is 11.8 Å². The minimum Gasteiger partial charge on any atom is -0.388 e. The van der Waals surface area contributed by atoms with Gasteiger partial charge in [0.15, 0.2) is 0 Å². The fraction of sp³-hybridized carbons (Fsp3) is 0.333. The highest BCUT2D eigenvalue weighted by Gasteiger charge is 2.15. The summed E-state index contributed by atoms with van der Waals surface area (Å²) >= 11 is 5.61. The predicted molar refractivity (Wildman–Crippen MR) is 68.6 cm³/mol. The highest BCUT2D eigenvalue weighted by Crippen LogP contribution is 2.22. The molecule has 0 spiro atoms. The van der Waals surface area contributed by atoms with Gasteiger partial charge in [0.2, 0.25) is 10.0 Å². The average molecular weight is 291 g/mol. The Morgan fingerprint density at radius 1 is 1.50 bits per heavy atom. The lowest BCUT2D eigenvalue weighted by molar-refractivity contribution is 0.187. The summed E-state index contributed by atoms with van der Waals surface area (Å²) in [5, 5.41) is 12.9. The molecule has 0 aliphatic heterocycles. The van der Waals surface area contributed by atoms with Crippen LogP contribution in [0.25, 0.3) is 10.4 Å². The Bertz CT molecular complexity index is 554. The molecule has 0 amide bonds. The van der Waals surface area contributed by atoms with E-state index in [1.165, 1.54) is 24.3 Å². The standard InChI is InChI=1S/C9H11ClN4O3S/c1-18(16,17)14(10)8-4-2-7(3-5-8)9(15)6-12-13-11/h2-5,9,15H,6H2,1H3/t9-/m0/s1. The Kier molecular flexibility index (Phi) is 4.80. The third-order valence-electron chi connectivity index (χ3n) is 2.09. The highest BCUT2D eigenvalue weighted by atomic mass is 35.5. The smallest absolute Gasteiger partial charge is 0.246 e. The van der Waals surface area contributed by atoms with Crippen molar-refractivity contribution >= 4 is 27.5 Å². The van der Waals surface area contributed by atoms with Crippen molar-refractivity contribution in [3.8, 4) is 0 Å². The SMILES string of the molecule is CS(=O)(=O)N(Cl)c1ccc([C@@H](O)CN=[N+]=[N-])cc1. The summed E-state index contributed by atoms with van der Waals surface area (Å²) in [6, 6.07) is 5.91. The fourth-order valence-electron chi connectivity index (χ4n) is 1.22. The normalized spacial score (nSPS) is 12.6. The number of aliphatic hydroxyl groups is 1. The maximum atomic E-state index is 11.2. The molecule has 0 fully saturated rings. The van der Waals surface area contributed by atoms with Gasteiger partial charge in [-0.2, -0.15) is 3.82 Å². The summed E-state index contributed by atoms with van der Waals surface area (Å²) in [6.07, 6.45) is 0.0432. The van der Waals surface area contributed by atoms with E-state index >= 15 is 0 Å². The van der Waals surface area contributed by atoms with Crippen molar-refractivity contribution in [1.82, 2.24) is 0 Å². The predicted octanol–water partition coefficient (Wildman–Crippen LogP) is 1.95. The second-order valence-electron chi connectivity index (χ2n) is 3.50. The molecule has 1 aromatic carbocycles. The first-order valence-corrected chi connectivity index (χ1v) is 7.00. The molecule has 9 heteroatoms. The third-order valence-corrected chi connectivity index (χ3v) is 3.83. The fourth-order valence-corrected chi connectivity index (χ4v) is 1.84. The lowest BCUT2D eigenvalue weighted by atomic mass is 10.1. The van der Waals surface area contributed by atoms with Gasteiger partial charge in [0.25, 0.3) is 0 Å². The number of hydrogen-bond acceptors (Lipinski definition) is 4. The van der Waals surface area contributed by atoms with Crippen molar-refractivity contribution in [2.45, 2.75) is 6.10 Å². The van der Waals surface area contributed by atoms with Crippen molar-refractivity contribution in [2.75, 3.05) is 16.6 Å². The van der Waals surface area contributed by atoms with Gasteiger partial charge < -0.3 is 5.11 Å². The topological polar surface area (TPSA) is 106 Å².